The smallest absolute Gasteiger partial charge is 0.408 e. The van der Waals surface area contributed by atoms with Gasteiger partial charge in [-0.25, -0.2) is 4.79 Å². The zero-order valence-electron chi connectivity index (χ0n) is 22.2. The third-order valence-corrected chi connectivity index (χ3v) is 6.31. The summed E-state index contributed by atoms with van der Waals surface area (Å²) in [6.07, 6.45) is 3.85. The van der Waals surface area contributed by atoms with E-state index in [1.165, 1.54) is 0 Å². The van der Waals surface area contributed by atoms with Crippen molar-refractivity contribution >= 4 is 17.9 Å². The lowest BCUT2D eigenvalue weighted by Crippen LogP contribution is -2.57. The molecule has 3 amide bonds. The highest BCUT2D eigenvalue weighted by Gasteiger charge is 2.41. The van der Waals surface area contributed by atoms with E-state index in [-0.39, 0.29) is 23.9 Å². The summed E-state index contributed by atoms with van der Waals surface area (Å²) in [5.41, 5.74) is 2.31. The molecule has 190 valence electrons. The average Bonchev–Trinajstić information content (AvgIpc) is 2.66. The van der Waals surface area contributed by atoms with Crippen molar-refractivity contribution in [3.63, 3.8) is 0 Å². The van der Waals surface area contributed by atoms with Gasteiger partial charge in [-0.3, -0.25) is 9.59 Å². The number of carbonyl (C=O) groups excluding carboxylic acids is 3. The maximum absolute atomic E-state index is 13.7. The van der Waals surface area contributed by atoms with Gasteiger partial charge in [0.2, 0.25) is 11.8 Å². The largest absolute Gasteiger partial charge is 0.444 e. The number of rotatable bonds is 9. The van der Waals surface area contributed by atoms with Gasteiger partial charge in [-0.1, -0.05) is 31.5 Å². The fourth-order valence-corrected chi connectivity index (χ4v) is 4.15. The fourth-order valence-electron chi connectivity index (χ4n) is 4.15. The first kappa shape index (κ1) is 27.7. The number of nitrogens with zero attached hydrogens (tertiary/aromatic N) is 1. The number of amides is 3. The number of benzene rings is 1. The molecule has 1 aromatic carbocycles. The van der Waals surface area contributed by atoms with Crippen LogP contribution in [-0.2, 0) is 14.3 Å². The van der Waals surface area contributed by atoms with Crippen molar-refractivity contribution < 1.29 is 19.1 Å². The SMILES string of the molecule is CCCC(C)NC(=O)C(c1ccc(C)c(C)c1)N(C(=O)C(C)NC(=O)OC(C)(C)C)C1CCC1. The van der Waals surface area contributed by atoms with Crippen LogP contribution in [0.15, 0.2) is 18.2 Å². The van der Waals surface area contributed by atoms with Gasteiger partial charge in [0, 0.05) is 12.1 Å². The molecule has 0 radical (unpaired) electrons. The molecule has 7 heteroatoms. The average molecular weight is 474 g/mol. The Balaban J connectivity index is 2.40. The summed E-state index contributed by atoms with van der Waals surface area (Å²) < 4.78 is 5.34. The van der Waals surface area contributed by atoms with Crippen LogP contribution in [0.25, 0.3) is 0 Å². The Labute approximate surface area is 205 Å². The summed E-state index contributed by atoms with van der Waals surface area (Å²) in [4.78, 5) is 41.4. The van der Waals surface area contributed by atoms with Gasteiger partial charge in [0.1, 0.15) is 17.7 Å². The number of ether oxygens (including phenoxy) is 1. The van der Waals surface area contributed by atoms with Crippen LogP contribution in [-0.4, -0.2) is 46.5 Å². The maximum Gasteiger partial charge on any atom is 0.408 e. The molecule has 0 saturated heterocycles. The quantitative estimate of drug-likeness (QED) is 0.532. The number of hydrogen-bond acceptors (Lipinski definition) is 4. The number of aryl methyl sites for hydroxylation is 2. The van der Waals surface area contributed by atoms with E-state index in [1.54, 1.807) is 32.6 Å². The molecule has 1 aliphatic carbocycles. The highest BCUT2D eigenvalue weighted by Crippen LogP contribution is 2.34. The van der Waals surface area contributed by atoms with Crippen LogP contribution in [0.1, 0.15) is 96.4 Å². The molecule has 1 saturated carbocycles. The standard InChI is InChI=1S/C27H43N3O4/c1-9-11-19(4)28-24(31)23(21-15-14-17(2)18(3)16-21)30(22-12-10-13-22)25(32)20(5)29-26(33)34-27(6,7)8/h14-16,19-20,22-23H,9-13H2,1-8H3,(H,28,31)(H,29,33). The van der Waals surface area contributed by atoms with Gasteiger partial charge in [-0.2, -0.15) is 0 Å². The Bertz CT molecular complexity index is 873. The van der Waals surface area contributed by atoms with Crippen LogP contribution >= 0.6 is 0 Å². The highest BCUT2D eigenvalue weighted by molar-refractivity contribution is 5.92. The second-order valence-corrected chi connectivity index (χ2v) is 10.6. The molecule has 1 fully saturated rings. The molecule has 34 heavy (non-hydrogen) atoms. The molecule has 1 aliphatic rings. The summed E-state index contributed by atoms with van der Waals surface area (Å²) in [5, 5.41) is 5.78. The fraction of sp³-hybridized carbons (Fsp3) is 0.667. The van der Waals surface area contributed by atoms with Gasteiger partial charge in [0.15, 0.2) is 0 Å². The van der Waals surface area contributed by atoms with E-state index in [0.717, 1.165) is 48.8 Å². The second kappa shape index (κ2) is 11.7. The molecule has 0 aliphatic heterocycles. The van der Waals surface area contributed by atoms with Crippen LogP contribution in [0.2, 0.25) is 0 Å². The topological polar surface area (TPSA) is 87.7 Å². The van der Waals surface area contributed by atoms with Gasteiger partial charge in [-0.15, -0.1) is 0 Å². The van der Waals surface area contributed by atoms with Crippen LogP contribution in [0.4, 0.5) is 4.79 Å². The van der Waals surface area contributed by atoms with E-state index in [9.17, 15) is 14.4 Å². The lowest BCUT2D eigenvalue weighted by atomic mass is 9.87. The lowest BCUT2D eigenvalue weighted by molar-refractivity contribution is -0.147. The molecule has 0 aromatic heterocycles. The molecule has 0 heterocycles. The molecule has 1 aromatic rings. The Morgan fingerprint density at radius 1 is 1.09 bits per heavy atom. The zero-order chi connectivity index (χ0) is 25.6. The van der Waals surface area contributed by atoms with Gasteiger partial charge < -0.3 is 20.3 Å². The maximum atomic E-state index is 13.7. The molecule has 0 spiro atoms. The minimum atomic E-state index is -0.828. The van der Waals surface area contributed by atoms with Crippen LogP contribution < -0.4 is 10.6 Å². The minimum absolute atomic E-state index is 0.00204. The first-order valence-corrected chi connectivity index (χ1v) is 12.5. The number of nitrogens with one attached hydrogen (secondary N) is 2. The van der Waals surface area contributed by atoms with Gasteiger partial charge in [0.05, 0.1) is 0 Å². The van der Waals surface area contributed by atoms with Crippen LogP contribution in [0, 0.1) is 13.8 Å². The minimum Gasteiger partial charge on any atom is -0.444 e. The van der Waals surface area contributed by atoms with E-state index in [2.05, 4.69) is 17.6 Å². The molecule has 2 rings (SSSR count). The molecular weight excluding hydrogens is 430 g/mol. The monoisotopic (exact) mass is 473 g/mol. The molecule has 3 atom stereocenters. The van der Waals surface area contributed by atoms with Crippen molar-refractivity contribution in [1.29, 1.82) is 0 Å². The van der Waals surface area contributed by atoms with Crippen molar-refractivity contribution in [2.45, 2.75) is 117 Å². The summed E-state index contributed by atoms with van der Waals surface area (Å²) in [7, 11) is 0. The van der Waals surface area contributed by atoms with Crippen LogP contribution in [0.5, 0.6) is 0 Å². The normalized spacial score (nSPS) is 16.6. The van der Waals surface area contributed by atoms with E-state index >= 15 is 0 Å². The highest BCUT2D eigenvalue weighted by atomic mass is 16.6. The molecular formula is C27H43N3O4. The number of hydrogen-bond donors (Lipinski definition) is 2. The molecule has 7 nitrogen and oxygen atoms in total. The Morgan fingerprint density at radius 3 is 2.24 bits per heavy atom. The van der Waals surface area contributed by atoms with Crippen molar-refractivity contribution in [2.75, 3.05) is 0 Å². The van der Waals surface area contributed by atoms with Gasteiger partial charge in [-0.05, 0) is 90.8 Å². The second-order valence-electron chi connectivity index (χ2n) is 10.6. The predicted octanol–water partition coefficient (Wildman–Crippen LogP) is 4.94. The lowest BCUT2D eigenvalue weighted by Gasteiger charge is -2.43. The van der Waals surface area contributed by atoms with E-state index < -0.39 is 23.8 Å². The predicted molar refractivity (Wildman–Crippen MR) is 134 cm³/mol. The van der Waals surface area contributed by atoms with Crippen molar-refractivity contribution in [1.82, 2.24) is 15.5 Å². The molecule has 3 unspecified atom stereocenters. The van der Waals surface area contributed by atoms with E-state index in [1.807, 2.05) is 39.0 Å². The first-order chi connectivity index (χ1) is 15.8. The molecule has 0 bridgehead atoms. The van der Waals surface area contributed by atoms with Crippen molar-refractivity contribution in [3.8, 4) is 0 Å². The van der Waals surface area contributed by atoms with Gasteiger partial charge >= 0.3 is 6.09 Å². The summed E-state index contributed by atoms with van der Waals surface area (Å²) in [6.45, 7) is 15.1. The third kappa shape index (κ3) is 7.47. The Morgan fingerprint density at radius 2 is 1.74 bits per heavy atom. The Kier molecular flexibility index (Phi) is 9.54. The van der Waals surface area contributed by atoms with E-state index in [4.69, 9.17) is 4.74 Å². The van der Waals surface area contributed by atoms with Crippen molar-refractivity contribution in [3.05, 3.63) is 34.9 Å². The first-order valence-electron chi connectivity index (χ1n) is 12.5. The number of carbonyl (C=O) groups is 3. The summed E-state index contributed by atoms with van der Waals surface area (Å²) >= 11 is 0. The summed E-state index contributed by atoms with van der Waals surface area (Å²) in [6, 6.07) is 4.28. The zero-order valence-corrected chi connectivity index (χ0v) is 22.2. The van der Waals surface area contributed by atoms with Crippen molar-refractivity contribution in [2.24, 2.45) is 0 Å². The number of alkyl carbamates (subject to hydrolysis) is 1. The Hall–Kier alpha value is -2.57. The van der Waals surface area contributed by atoms with E-state index in [0.29, 0.717) is 0 Å². The summed E-state index contributed by atoms with van der Waals surface area (Å²) in [5.74, 6) is -0.467. The van der Waals surface area contributed by atoms with Gasteiger partial charge in [0.25, 0.3) is 0 Å². The molecule has 2 N–H and O–H groups in total. The van der Waals surface area contributed by atoms with Crippen LogP contribution in [0.3, 0.4) is 0 Å². The third-order valence-electron chi connectivity index (χ3n) is 6.31.